The van der Waals surface area contributed by atoms with Crippen LogP contribution < -0.4 is 40.0 Å². The number of aliphatic carboxylic acids is 1. The number of nitrogens with zero attached hydrogens (tertiary/aromatic N) is 1. The number of esters is 1. The van der Waals surface area contributed by atoms with Crippen molar-refractivity contribution in [2.24, 2.45) is 0 Å². The molecule has 2 fully saturated rings. The summed E-state index contributed by atoms with van der Waals surface area (Å²) in [5, 5.41) is 14.9. The summed E-state index contributed by atoms with van der Waals surface area (Å²) < 4.78 is 4.78. The van der Waals surface area contributed by atoms with Gasteiger partial charge in [0, 0.05) is 11.4 Å². The number of ether oxygens (including phenoxy) is 1. The molecular weight excluding hydrogens is 391 g/mol. The SMILES string of the molecule is O=C(Cc1ccc(Cl)cc1)N[C@H]1CON(C2(C(=O)[O-])CCC(=O)O2)C1=O.[Na+]. The first-order valence-corrected chi connectivity index (χ1v) is 8.14. The molecule has 27 heavy (non-hydrogen) atoms. The average Bonchev–Trinajstić information content (AvgIpc) is 3.14. The molecule has 0 aromatic heterocycles. The topological polar surface area (TPSA) is 125 Å². The van der Waals surface area contributed by atoms with Gasteiger partial charge in [-0.2, -0.15) is 5.06 Å². The zero-order valence-corrected chi connectivity index (χ0v) is 17.2. The molecule has 0 aliphatic carbocycles. The normalized spacial score (nSPS) is 24.3. The minimum Gasteiger partial charge on any atom is -0.544 e. The van der Waals surface area contributed by atoms with E-state index in [9.17, 15) is 24.3 Å². The monoisotopic (exact) mass is 404 g/mol. The number of hydrogen-bond donors (Lipinski definition) is 1. The Bertz CT molecular complexity index is 773. The number of hydrogen-bond acceptors (Lipinski definition) is 7. The molecule has 0 spiro atoms. The molecule has 1 aromatic carbocycles. The second kappa shape index (κ2) is 8.57. The van der Waals surface area contributed by atoms with E-state index in [1.54, 1.807) is 24.3 Å². The number of cyclic esters (lactones) is 1. The molecule has 0 radical (unpaired) electrons. The van der Waals surface area contributed by atoms with Gasteiger partial charge in [0.05, 0.1) is 12.8 Å². The summed E-state index contributed by atoms with van der Waals surface area (Å²) in [4.78, 5) is 52.4. The molecular formula is C16H14ClN2NaO7. The van der Waals surface area contributed by atoms with Gasteiger partial charge < -0.3 is 20.0 Å². The van der Waals surface area contributed by atoms with E-state index in [1.807, 2.05) is 0 Å². The van der Waals surface area contributed by atoms with Crippen molar-refractivity contribution in [2.45, 2.75) is 31.0 Å². The van der Waals surface area contributed by atoms with Gasteiger partial charge in [0.15, 0.2) is 0 Å². The molecule has 3 rings (SSSR count). The van der Waals surface area contributed by atoms with E-state index in [0.29, 0.717) is 15.6 Å². The van der Waals surface area contributed by atoms with Crippen LogP contribution in [0.15, 0.2) is 24.3 Å². The zero-order valence-electron chi connectivity index (χ0n) is 14.4. The molecule has 2 heterocycles. The number of benzene rings is 1. The first kappa shape index (κ1) is 21.6. The van der Waals surface area contributed by atoms with Crippen molar-refractivity contribution in [3.05, 3.63) is 34.9 Å². The van der Waals surface area contributed by atoms with Crippen molar-refractivity contribution in [1.82, 2.24) is 10.4 Å². The first-order chi connectivity index (χ1) is 12.3. The quantitative estimate of drug-likeness (QED) is 0.391. The largest absolute Gasteiger partial charge is 1.00 e. The maximum Gasteiger partial charge on any atom is 1.00 e. The number of carboxylic acid groups (broad SMARTS) is 1. The molecule has 2 saturated heterocycles. The maximum atomic E-state index is 12.4. The summed E-state index contributed by atoms with van der Waals surface area (Å²) in [6, 6.07) is 5.51. The average molecular weight is 405 g/mol. The number of carboxylic acids is 1. The van der Waals surface area contributed by atoms with Crippen LogP contribution in [-0.2, 0) is 35.2 Å². The van der Waals surface area contributed by atoms with Gasteiger partial charge in [0.1, 0.15) is 18.6 Å². The van der Waals surface area contributed by atoms with Crippen LogP contribution in [0.5, 0.6) is 0 Å². The van der Waals surface area contributed by atoms with E-state index in [4.69, 9.17) is 21.2 Å². The van der Waals surface area contributed by atoms with Gasteiger partial charge in [-0.3, -0.25) is 19.2 Å². The van der Waals surface area contributed by atoms with Crippen molar-refractivity contribution in [1.29, 1.82) is 0 Å². The molecule has 0 bridgehead atoms. The predicted molar refractivity (Wildman–Crippen MR) is 82.9 cm³/mol. The Kier molecular flexibility index (Phi) is 6.87. The molecule has 1 unspecified atom stereocenters. The number of carbonyl (C=O) groups excluding carboxylic acids is 4. The third-order valence-electron chi connectivity index (χ3n) is 4.08. The third kappa shape index (κ3) is 4.44. The third-order valence-corrected chi connectivity index (χ3v) is 4.33. The number of rotatable bonds is 5. The Morgan fingerprint density at radius 1 is 1.30 bits per heavy atom. The van der Waals surface area contributed by atoms with Gasteiger partial charge in [0.25, 0.3) is 11.6 Å². The molecule has 0 saturated carbocycles. The van der Waals surface area contributed by atoms with E-state index < -0.39 is 35.5 Å². The molecule has 2 atom stereocenters. The number of nitrogens with one attached hydrogen (secondary N) is 1. The van der Waals surface area contributed by atoms with Crippen LogP contribution in [0.3, 0.4) is 0 Å². The Morgan fingerprint density at radius 2 is 1.96 bits per heavy atom. The molecule has 2 amide bonds. The van der Waals surface area contributed by atoms with Gasteiger partial charge in [-0.1, -0.05) is 23.7 Å². The van der Waals surface area contributed by atoms with Crippen molar-refractivity contribution in [3.63, 3.8) is 0 Å². The molecule has 1 aromatic rings. The molecule has 2 aliphatic rings. The minimum absolute atomic E-state index is 0. The number of amides is 2. The molecule has 2 aliphatic heterocycles. The van der Waals surface area contributed by atoms with Gasteiger partial charge in [0.2, 0.25) is 5.91 Å². The summed E-state index contributed by atoms with van der Waals surface area (Å²) in [5.74, 6) is -3.82. The minimum atomic E-state index is -2.30. The smallest absolute Gasteiger partial charge is 0.544 e. The van der Waals surface area contributed by atoms with Gasteiger partial charge in [-0.05, 0) is 17.7 Å². The first-order valence-electron chi connectivity index (χ1n) is 7.76. The second-order valence-corrected chi connectivity index (χ2v) is 6.33. The molecule has 11 heteroatoms. The van der Waals surface area contributed by atoms with Crippen LogP contribution in [0.25, 0.3) is 0 Å². The summed E-state index contributed by atoms with van der Waals surface area (Å²) in [6.07, 6.45) is -0.471. The fourth-order valence-electron chi connectivity index (χ4n) is 2.78. The maximum absolute atomic E-state index is 12.4. The number of hydroxylamine groups is 2. The Hall–Kier alpha value is -1.65. The van der Waals surface area contributed by atoms with E-state index in [2.05, 4.69) is 5.32 Å². The summed E-state index contributed by atoms with van der Waals surface area (Å²) in [6.45, 7) is -0.280. The van der Waals surface area contributed by atoms with Crippen LogP contribution in [0.2, 0.25) is 5.02 Å². The zero-order chi connectivity index (χ0) is 18.9. The molecule has 9 nitrogen and oxygen atoms in total. The van der Waals surface area contributed by atoms with Crippen LogP contribution in [0.1, 0.15) is 18.4 Å². The van der Waals surface area contributed by atoms with Crippen molar-refractivity contribution >= 4 is 35.4 Å². The standard InChI is InChI=1S/C16H15ClN2O7.Na/c17-10-3-1-9(2-4-10)7-12(20)18-11-8-25-19(14(11)22)16(15(23)24)6-5-13(21)26-16;/h1-4,11H,5-8H2,(H,18,20)(H,23,24);/q;+1/p-1/t11-,16?;/m0./s1. The van der Waals surface area contributed by atoms with Crippen molar-refractivity contribution in [2.75, 3.05) is 6.61 Å². The van der Waals surface area contributed by atoms with Gasteiger partial charge in [-0.15, -0.1) is 0 Å². The van der Waals surface area contributed by atoms with Crippen LogP contribution in [0, 0.1) is 0 Å². The summed E-state index contributed by atoms with van der Waals surface area (Å²) >= 11 is 5.78. The fourth-order valence-corrected chi connectivity index (χ4v) is 2.90. The molecule has 1 N–H and O–H groups in total. The van der Waals surface area contributed by atoms with E-state index in [-0.39, 0.29) is 55.4 Å². The van der Waals surface area contributed by atoms with Crippen molar-refractivity contribution < 1.29 is 63.4 Å². The van der Waals surface area contributed by atoms with E-state index >= 15 is 0 Å². The predicted octanol–water partition coefficient (Wildman–Crippen LogP) is -4.07. The molecule has 138 valence electrons. The van der Waals surface area contributed by atoms with Crippen LogP contribution >= 0.6 is 11.6 Å². The van der Waals surface area contributed by atoms with Crippen molar-refractivity contribution in [3.8, 4) is 0 Å². The van der Waals surface area contributed by atoms with Crippen LogP contribution in [-0.4, -0.2) is 47.2 Å². The van der Waals surface area contributed by atoms with Gasteiger partial charge >= 0.3 is 35.5 Å². The van der Waals surface area contributed by atoms with Gasteiger partial charge in [-0.25, -0.2) is 0 Å². The van der Waals surface area contributed by atoms with Crippen LogP contribution in [0.4, 0.5) is 0 Å². The second-order valence-electron chi connectivity index (χ2n) is 5.90. The summed E-state index contributed by atoms with van der Waals surface area (Å²) in [7, 11) is 0. The summed E-state index contributed by atoms with van der Waals surface area (Å²) in [5.41, 5.74) is -1.62. The Morgan fingerprint density at radius 3 is 2.52 bits per heavy atom. The number of halogens is 1. The van der Waals surface area contributed by atoms with E-state index in [1.165, 1.54) is 0 Å². The Balaban J connectivity index is 0.00000261. The number of carbonyl (C=O) groups is 4. The van der Waals surface area contributed by atoms with E-state index in [0.717, 1.165) is 0 Å². The Labute approximate surface area is 181 Å². The fraction of sp³-hybridized carbons (Fsp3) is 0.375.